The Bertz CT molecular complexity index is 266. The molecule has 0 N–H and O–H groups in total. The van der Waals surface area contributed by atoms with Crippen molar-refractivity contribution in [1.82, 2.24) is 4.98 Å². The fourth-order valence-electron chi connectivity index (χ4n) is 1.10. The Balaban J connectivity index is 2.29. The predicted molar refractivity (Wildman–Crippen MR) is 49.3 cm³/mol. The van der Waals surface area contributed by atoms with E-state index in [2.05, 4.69) is 17.1 Å². The normalized spacial score (nSPS) is 16.5. The second kappa shape index (κ2) is 3.09. The SMILES string of the molecule is C1=C(c2ccccn2)SCC1. The molecular weight excluding hydrogens is 154 g/mol. The number of aromatic nitrogens is 1. The fourth-order valence-corrected chi connectivity index (χ4v) is 2.06. The van der Waals surface area contributed by atoms with Gasteiger partial charge in [0, 0.05) is 16.9 Å². The van der Waals surface area contributed by atoms with Gasteiger partial charge in [0.1, 0.15) is 0 Å². The van der Waals surface area contributed by atoms with E-state index in [-0.39, 0.29) is 0 Å². The Hall–Kier alpha value is -0.760. The molecule has 0 saturated heterocycles. The van der Waals surface area contributed by atoms with Crippen LogP contribution < -0.4 is 0 Å². The minimum atomic E-state index is 1.12. The number of rotatable bonds is 1. The smallest absolute Gasteiger partial charge is 0.0762 e. The third kappa shape index (κ3) is 1.46. The van der Waals surface area contributed by atoms with Gasteiger partial charge in [-0.25, -0.2) is 0 Å². The zero-order valence-corrected chi connectivity index (χ0v) is 6.97. The lowest BCUT2D eigenvalue weighted by atomic mass is 10.3. The minimum Gasteiger partial charge on any atom is -0.256 e. The first kappa shape index (κ1) is 6.92. The zero-order valence-electron chi connectivity index (χ0n) is 6.16. The van der Waals surface area contributed by atoms with Crippen LogP contribution in [0.25, 0.3) is 4.91 Å². The summed E-state index contributed by atoms with van der Waals surface area (Å²) in [7, 11) is 0. The van der Waals surface area contributed by atoms with Gasteiger partial charge in [-0.3, -0.25) is 4.98 Å². The molecule has 1 aliphatic heterocycles. The van der Waals surface area contributed by atoms with Gasteiger partial charge in [0.25, 0.3) is 0 Å². The number of hydrogen-bond donors (Lipinski definition) is 0. The van der Waals surface area contributed by atoms with Crippen LogP contribution in [-0.4, -0.2) is 10.7 Å². The van der Waals surface area contributed by atoms with Crippen molar-refractivity contribution in [3.05, 3.63) is 36.2 Å². The summed E-state index contributed by atoms with van der Waals surface area (Å²) in [6.07, 6.45) is 5.29. The molecule has 0 bridgehead atoms. The topological polar surface area (TPSA) is 12.9 Å². The summed E-state index contributed by atoms with van der Waals surface area (Å²) in [6.45, 7) is 0. The highest BCUT2D eigenvalue weighted by Crippen LogP contribution is 2.32. The summed E-state index contributed by atoms with van der Waals surface area (Å²) in [5.41, 5.74) is 1.12. The van der Waals surface area contributed by atoms with E-state index in [0.29, 0.717) is 0 Å². The highest BCUT2D eigenvalue weighted by Gasteiger charge is 2.07. The lowest BCUT2D eigenvalue weighted by Gasteiger charge is -1.97. The molecule has 1 aliphatic rings. The van der Waals surface area contributed by atoms with Gasteiger partial charge in [-0.05, 0) is 18.6 Å². The molecule has 11 heavy (non-hydrogen) atoms. The molecule has 0 fully saturated rings. The number of pyridine rings is 1. The molecule has 2 heteroatoms. The molecule has 0 radical (unpaired) electrons. The maximum absolute atomic E-state index is 4.27. The molecule has 1 aromatic heterocycles. The van der Waals surface area contributed by atoms with E-state index in [1.54, 1.807) is 0 Å². The van der Waals surface area contributed by atoms with Gasteiger partial charge in [0.15, 0.2) is 0 Å². The van der Waals surface area contributed by atoms with Gasteiger partial charge in [-0.15, -0.1) is 11.8 Å². The second-order valence-electron chi connectivity index (χ2n) is 2.42. The first-order valence-corrected chi connectivity index (χ1v) is 4.70. The average Bonchev–Trinajstić information content (AvgIpc) is 2.58. The molecule has 0 spiro atoms. The van der Waals surface area contributed by atoms with Crippen molar-refractivity contribution in [2.24, 2.45) is 0 Å². The van der Waals surface area contributed by atoms with E-state index >= 15 is 0 Å². The molecule has 56 valence electrons. The number of hydrogen-bond acceptors (Lipinski definition) is 2. The quantitative estimate of drug-likeness (QED) is 0.631. The van der Waals surface area contributed by atoms with Crippen molar-refractivity contribution in [3.8, 4) is 0 Å². The lowest BCUT2D eigenvalue weighted by Crippen LogP contribution is -1.80. The lowest BCUT2D eigenvalue weighted by molar-refractivity contribution is 1.26. The maximum atomic E-state index is 4.27. The first-order chi connectivity index (χ1) is 5.47. The van der Waals surface area contributed by atoms with E-state index in [9.17, 15) is 0 Å². The first-order valence-electron chi connectivity index (χ1n) is 3.71. The maximum Gasteiger partial charge on any atom is 0.0762 e. The van der Waals surface area contributed by atoms with Gasteiger partial charge in [0.2, 0.25) is 0 Å². The van der Waals surface area contributed by atoms with E-state index in [1.165, 1.54) is 17.1 Å². The van der Waals surface area contributed by atoms with Gasteiger partial charge in [-0.1, -0.05) is 12.1 Å². The van der Waals surface area contributed by atoms with E-state index in [0.717, 1.165) is 5.69 Å². The minimum absolute atomic E-state index is 1.12. The van der Waals surface area contributed by atoms with Gasteiger partial charge in [0.05, 0.1) is 5.69 Å². The Morgan fingerprint density at radius 2 is 2.36 bits per heavy atom. The average molecular weight is 163 g/mol. The number of allylic oxidation sites excluding steroid dienone is 1. The molecule has 2 rings (SSSR count). The Morgan fingerprint density at radius 3 is 3.00 bits per heavy atom. The van der Waals surface area contributed by atoms with Crippen molar-refractivity contribution in [2.45, 2.75) is 6.42 Å². The molecule has 0 saturated carbocycles. The Kier molecular flexibility index (Phi) is 1.95. The van der Waals surface area contributed by atoms with Crippen LogP contribution in [0.15, 0.2) is 30.5 Å². The van der Waals surface area contributed by atoms with E-state index in [1.807, 2.05) is 30.1 Å². The van der Waals surface area contributed by atoms with Gasteiger partial charge in [-0.2, -0.15) is 0 Å². The molecule has 0 atom stereocenters. The van der Waals surface area contributed by atoms with Crippen LogP contribution in [0.3, 0.4) is 0 Å². The van der Waals surface area contributed by atoms with Crippen molar-refractivity contribution in [2.75, 3.05) is 5.75 Å². The molecule has 0 amide bonds. The van der Waals surface area contributed by atoms with Crippen LogP contribution in [0.2, 0.25) is 0 Å². The molecule has 1 nitrogen and oxygen atoms in total. The largest absolute Gasteiger partial charge is 0.256 e. The summed E-state index contributed by atoms with van der Waals surface area (Å²) in [5, 5.41) is 0. The summed E-state index contributed by atoms with van der Waals surface area (Å²) in [4.78, 5) is 5.61. The fraction of sp³-hybridized carbons (Fsp3) is 0.222. The summed E-state index contributed by atoms with van der Waals surface area (Å²) < 4.78 is 0. The molecule has 1 aromatic rings. The van der Waals surface area contributed by atoms with Crippen LogP contribution in [0.5, 0.6) is 0 Å². The number of nitrogens with zero attached hydrogens (tertiary/aromatic N) is 1. The molecule has 2 heterocycles. The van der Waals surface area contributed by atoms with E-state index in [4.69, 9.17) is 0 Å². The van der Waals surface area contributed by atoms with Gasteiger partial charge < -0.3 is 0 Å². The molecule has 0 aliphatic carbocycles. The summed E-state index contributed by atoms with van der Waals surface area (Å²) in [5.74, 6) is 1.21. The highest BCUT2D eigenvalue weighted by atomic mass is 32.2. The molecular formula is C9H9NS. The van der Waals surface area contributed by atoms with Crippen molar-refractivity contribution in [3.63, 3.8) is 0 Å². The molecule has 0 unspecified atom stereocenters. The standard InChI is InChI=1S/C9H9NS/c1-2-6-10-8(4-1)9-5-3-7-11-9/h1-2,4-6H,3,7H2. The summed E-state index contributed by atoms with van der Waals surface area (Å²) >= 11 is 1.89. The highest BCUT2D eigenvalue weighted by molar-refractivity contribution is 8.08. The van der Waals surface area contributed by atoms with Crippen LogP contribution in [-0.2, 0) is 0 Å². The third-order valence-corrected chi connectivity index (χ3v) is 2.75. The Morgan fingerprint density at radius 1 is 1.36 bits per heavy atom. The van der Waals surface area contributed by atoms with E-state index < -0.39 is 0 Å². The number of thioether (sulfide) groups is 1. The van der Waals surface area contributed by atoms with Crippen molar-refractivity contribution in [1.29, 1.82) is 0 Å². The van der Waals surface area contributed by atoms with Crippen LogP contribution in [0, 0.1) is 0 Å². The summed E-state index contributed by atoms with van der Waals surface area (Å²) in [6, 6.07) is 6.04. The predicted octanol–water partition coefficient (Wildman–Crippen LogP) is 2.56. The van der Waals surface area contributed by atoms with Crippen LogP contribution in [0.1, 0.15) is 12.1 Å². The molecule has 0 aromatic carbocycles. The van der Waals surface area contributed by atoms with Crippen molar-refractivity contribution < 1.29 is 0 Å². The third-order valence-electron chi connectivity index (χ3n) is 1.62. The second-order valence-corrected chi connectivity index (χ2v) is 3.56. The van der Waals surface area contributed by atoms with Gasteiger partial charge >= 0.3 is 0 Å². The monoisotopic (exact) mass is 163 g/mol. The van der Waals surface area contributed by atoms with Crippen molar-refractivity contribution >= 4 is 16.7 Å². The van der Waals surface area contributed by atoms with Crippen LogP contribution in [0.4, 0.5) is 0 Å². The zero-order chi connectivity index (χ0) is 7.52. The Labute approximate surface area is 70.5 Å². The van der Waals surface area contributed by atoms with Crippen LogP contribution >= 0.6 is 11.8 Å².